The molecule has 0 aliphatic heterocycles. The maximum atomic E-state index is 13.0. The van der Waals surface area contributed by atoms with Gasteiger partial charge in [-0.15, -0.1) is 0 Å². The molecule has 0 spiro atoms. The Kier molecular flexibility index (Phi) is 3.05. The third kappa shape index (κ3) is 2.43. The van der Waals surface area contributed by atoms with Gasteiger partial charge >= 0.3 is 0 Å². The van der Waals surface area contributed by atoms with E-state index in [-0.39, 0.29) is 17.3 Å². The van der Waals surface area contributed by atoms with E-state index >= 15 is 0 Å². The fourth-order valence-electron chi connectivity index (χ4n) is 2.85. The molecule has 0 fully saturated rings. The van der Waals surface area contributed by atoms with Crippen molar-refractivity contribution in [1.29, 1.82) is 0 Å². The van der Waals surface area contributed by atoms with Crippen LogP contribution in [0, 0.1) is 11.2 Å². The second-order valence-electron chi connectivity index (χ2n) is 6.25. The van der Waals surface area contributed by atoms with Crippen LogP contribution in [0.15, 0.2) is 30.5 Å². The van der Waals surface area contributed by atoms with Gasteiger partial charge in [0.15, 0.2) is 5.82 Å². The summed E-state index contributed by atoms with van der Waals surface area (Å²) >= 11 is 0. The lowest BCUT2D eigenvalue weighted by Gasteiger charge is -2.34. The number of hydrogen-bond acceptors (Lipinski definition) is 3. The molecule has 1 atom stereocenters. The van der Waals surface area contributed by atoms with Crippen molar-refractivity contribution in [2.75, 3.05) is 0 Å². The van der Waals surface area contributed by atoms with Crippen LogP contribution in [0.3, 0.4) is 0 Å². The molecule has 3 rings (SSSR count). The number of nitrogens with two attached hydrogens (primary N) is 1. The van der Waals surface area contributed by atoms with Gasteiger partial charge in [0.1, 0.15) is 5.82 Å². The molecule has 0 amide bonds. The molecule has 1 heterocycles. The standard InChI is InChI=1S/C16H18FN3/c1-16(2)7-13(18)12-9-19-15(20-14(12)8-16)10-3-5-11(17)6-4-10/h3-6,9,13H,7-8,18H2,1-2H3. The number of nitrogens with zero attached hydrogens (tertiary/aromatic N) is 2. The van der Waals surface area contributed by atoms with Crippen LogP contribution in [0.25, 0.3) is 11.4 Å². The quantitative estimate of drug-likeness (QED) is 0.866. The minimum absolute atomic E-state index is 0.00369. The summed E-state index contributed by atoms with van der Waals surface area (Å²) in [5.41, 5.74) is 9.23. The van der Waals surface area contributed by atoms with Crippen molar-refractivity contribution >= 4 is 0 Å². The van der Waals surface area contributed by atoms with Gasteiger partial charge in [-0.3, -0.25) is 0 Å². The Morgan fingerprint density at radius 3 is 2.65 bits per heavy atom. The summed E-state index contributed by atoms with van der Waals surface area (Å²) in [5.74, 6) is 0.378. The number of fused-ring (bicyclic) bond motifs is 1. The average molecular weight is 271 g/mol. The molecule has 0 saturated heterocycles. The van der Waals surface area contributed by atoms with E-state index in [1.54, 1.807) is 12.1 Å². The van der Waals surface area contributed by atoms with Crippen LogP contribution in [0.4, 0.5) is 4.39 Å². The van der Waals surface area contributed by atoms with Gasteiger partial charge in [0, 0.05) is 29.1 Å². The van der Waals surface area contributed by atoms with Gasteiger partial charge in [-0.25, -0.2) is 14.4 Å². The fraction of sp³-hybridized carbons (Fsp3) is 0.375. The van der Waals surface area contributed by atoms with E-state index in [4.69, 9.17) is 5.73 Å². The van der Waals surface area contributed by atoms with E-state index in [0.29, 0.717) is 5.82 Å². The monoisotopic (exact) mass is 271 g/mol. The average Bonchev–Trinajstić information content (AvgIpc) is 2.37. The normalized spacial score (nSPS) is 20.5. The van der Waals surface area contributed by atoms with Crippen molar-refractivity contribution in [2.24, 2.45) is 11.1 Å². The number of aromatic nitrogens is 2. The van der Waals surface area contributed by atoms with Crippen molar-refractivity contribution in [3.05, 3.63) is 47.5 Å². The number of hydrogen-bond donors (Lipinski definition) is 1. The molecule has 0 saturated carbocycles. The first kappa shape index (κ1) is 13.2. The van der Waals surface area contributed by atoms with Gasteiger partial charge in [0.2, 0.25) is 0 Å². The molecule has 0 radical (unpaired) electrons. The zero-order valence-electron chi connectivity index (χ0n) is 11.7. The molecule has 3 nitrogen and oxygen atoms in total. The predicted octanol–water partition coefficient (Wildman–Crippen LogP) is 3.25. The first-order valence-electron chi connectivity index (χ1n) is 6.82. The molecule has 1 aromatic heterocycles. The third-order valence-electron chi connectivity index (χ3n) is 3.82. The molecule has 20 heavy (non-hydrogen) atoms. The number of halogens is 1. The van der Waals surface area contributed by atoms with Crippen LogP contribution in [-0.4, -0.2) is 9.97 Å². The van der Waals surface area contributed by atoms with Gasteiger partial charge in [-0.2, -0.15) is 0 Å². The van der Waals surface area contributed by atoms with E-state index < -0.39 is 0 Å². The summed E-state index contributed by atoms with van der Waals surface area (Å²) in [5, 5.41) is 0. The second-order valence-corrected chi connectivity index (χ2v) is 6.25. The summed E-state index contributed by atoms with van der Waals surface area (Å²) < 4.78 is 13.0. The lowest BCUT2D eigenvalue weighted by molar-refractivity contribution is 0.278. The molecule has 0 bridgehead atoms. The Morgan fingerprint density at radius 2 is 1.95 bits per heavy atom. The molecular formula is C16H18FN3. The third-order valence-corrected chi connectivity index (χ3v) is 3.82. The van der Waals surface area contributed by atoms with Gasteiger partial charge in [-0.05, 0) is 42.5 Å². The van der Waals surface area contributed by atoms with Crippen LogP contribution in [0.5, 0.6) is 0 Å². The van der Waals surface area contributed by atoms with E-state index in [1.807, 2.05) is 6.20 Å². The maximum absolute atomic E-state index is 13.0. The number of rotatable bonds is 1. The SMILES string of the molecule is CC1(C)Cc2nc(-c3ccc(F)cc3)ncc2C(N)C1. The Bertz CT molecular complexity index is 635. The fourth-order valence-corrected chi connectivity index (χ4v) is 2.85. The van der Waals surface area contributed by atoms with E-state index in [2.05, 4.69) is 23.8 Å². The molecule has 104 valence electrons. The Hall–Kier alpha value is -1.81. The highest BCUT2D eigenvalue weighted by atomic mass is 19.1. The minimum atomic E-state index is -0.255. The lowest BCUT2D eigenvalue weighted by Crippen LogP contribution is -2.30. The Morgan fingerprint density at radius 1 is 1.25 bits per heavy atom. The van der Waals surface area contributed by atoms with Crippen molar-refractivity contribution in [2.45, 2.75) is 32.7 Å². The van der Waals surface area contributed by atoms with Crippen molar-refractivity contribution < 1.29 is 4.39 Å². The van der Waals surface area contributed by atoms with Crippen molar-refractivity contribution in [3.8, 4) is 11.4 Å². The molecule has 2 N–H and O–H groups in total. The van der Waals surface area contributed by atoms with Gasteiger partial charge < -0.3 is 5.73 Å². The van der Waals surface area contributed by atoms with Crippen LogP contribution >= 0.6 is 0 Å². The zero-order chi connectivity index (χ0) is 14.3. The highest BCUT2D eigenvalue weighted by Gasteiger charge is 2.31. The van der Waals surface area contributed by atoms with Gasteiger partial charge in [-0.1, -0.05) is 13.8 Å². The summed E-state index contributed by atoms with van der Waals surface area (Å²) in [4.78, 5) is 9.02. The molecule has 1 aromatic carbocycles. The van der Waals surface area contributed by atoms with Crippen molar-refractivity contribution in [1.82, 2.24) is 9.97 Å². The smallest absolute Gasteiger partial charge is 0.159 e. The van der Waals surface area contributed by atoms with E-state index in [9.17, 15) is 4.39 Å². The van der Waals surface area contributed by atoms with Crippen LogP contribution in [-0.2, 0) is 6.42 Å². The summed E-state index contributed by atoms with van der Waals surface area (Å²) in [6, 6.07) is 6.24. The van der Waals surface area contributed by atoms with E-state index in [1.165, 1.54) is 12.1 Å². The van der Waals surface area contributed by atoms with E-state index in [0.717, 1.165) is 29.7 Å². The van der Waals surface area contributed by atoms with Crippen LogP contribution < -0.4 is 5.73 Å². The highest BCUT2D eigenvalue weighted by Crippen LogP contribution is 2.38. The van der Waals surface area contributed by atoms with Crippen LogP contribution in [0.1, 0.15) is 37.6 Å². The predicted molar refractivity (Wildman–Crippen MR) is 76.5 cm³/mol. The van der Waals surface area contributed by atoms with Crippen LogP contribution in [0.2, 0.25) is 0 Å². The molecule has 2 aromatic rings. The van der Waals surface area contributed by atoms with Gasteiger partial charge in [0.05, 0.1) is 0 Å². The molecule has 1 unspecified atom stereocenters. The second kappa shape index (κ2) is 4.63. The maximum Gasteiger partial charge on any atom is 0.159 e. The summed E-state index contributed by atoms with van der Waals surface area (Å²) in [6.07, 6.45) is 3.66. The first-order chi connectivity index (χ1) is 9.44. The first-order valence-corrected chi connectivity index (χ1v) is 6.82. The highest BCUT2D eigenvalue weighted by molar-refractivity contribution is 5.55. The largest absolute Gasteiger partial charge is 0.324 e. The molecule has 1 aliphatic rings. The molecular weight excluding hydrogens is 253 g/mol. The minimum Gasteiger partial charge on any atom is -0.324 e. The number of benzene rings is 1. The Balaban J connectivity index is 2.02. The molecule has 4 heteroatoms. The summed E-state index contributed by atoms with van der Waals surface area (Å²) in [6.45, 7) is 4.41. The van der Waals surface area contributed by atoms with Gasteiger partial charge in [0.25, 0.3) is 0 Å². The summed E-state index contributed by atoms with van der Waals surface area (Å²) in [7, 11) is 0. The lowest BCUT2D eigenvalue weighted by atomic mass is 9.74. The topological polar surface area (TPSA) is 51.8 Å². The zero-order valence-corrected chi connectivity index (χ0v) is 11.7. The Labute approximate surface area is 118 Å². The molecule has 1 aliphatic carbocycles. The van der Waals surface area contributed by atoms with Crippen molar-refractivity contribution in [3.63, 3.8) is 0 Å².